The van der Waals surface area contributed by atoms with Crippen molar-refractivity contribution >= 4 is 39.9 Å². The van der Waals surface area contributed by atoms with E-state index in [0.717, 1.165) is 19.4 Å². The zero-order valence-corrected chi connectivity index (χ0v) is 13.0. The van der Waals surface area contributed by atoms with Gasteiger partial charge in [-0.25, -0.2) is 14.4 Å². The van der Waals surface area contributed by atoms with Gasteiger partial charge in [0.05, 0.1) is 11.5 Å². The summed E-state index contributed by atoms with van der Waals surface area (Å²) in [6.45, 7) is 1.44. The van der Waals surface area contributed by atoms with Crippen molar-refractivity contribution in [3.63, 3.8) is 0 Å². The fourth-order valence-corrected chi connectivity index (χ4v) is 3.94. The third-order valence-electron chi connectivity index (χ3n) is 4.58. The van der Waals surface area contributed by atoms with Crippen molar-refractivity contribution in [2.45, 2.75) is 18.9 Å². The first-order valence-electron chi connectivity index (χ1n) is 7.13. The van der Waals surface area contributed by atoms with Crippen LogP contribution in [0.15, 0.2) is 6.20 Å². The molecule has 1 aliphatic carbocycles. The lowest BCUT2D eigenvalue weighted by molar-refractivity contribution is 0.137. The predicted molar refractivity (Wildman–Crippen MR) is 81.7 cm³/mol. The highest BCUT2D eigenvalue weighted by Gasteiger charge is 2.40. The Morgan fingerprint density at radius 3 is 2.82 bits per heavy atom. The molecule has 0 amide bonds. The standard InChI is InChI=1S/C14H13Cl2FN4O/c15-12-10(17)11-8(3-18-12)13(20-14(16)19-11)21-4-6-1-7(5-21)9(22)2-6/h3,6-7,9,22H,1-2,4-5H2. The zero-order valence-electron chi connectivity index (χ0n) is 11.5. The van der Waals surface area contributed by atoms with E-state index < -0.39 is 5.82 Å². The Labute approximate surface area is 136 Å². The molecule has 2 aliphatic rings. The van der Waals surface area contributed by atoms with Crippen LogP contribution in [0, 0.1) is 17.7 Å². The molecule has 22 heavy (non-hydrogen) atoms. The molecule has 0 radical (unpaired) electrons. The molecule has 0 spiro atoms. The van der Waals surface area contributed by atoms with Crippen molar-refractivity contribution in [1.29, 1.82) is 0 Å². The molecular formula is C14H13Cl2FN4O. The molecule has 1 aliphatic heterocycles. The van der Waals surface area contributed by atoms with Crippen molar-refractivity contribution in [1.82, 2.24) is 15.0 Å². The molecule has 3 unspecified atom stereocenters. The fraction of sp³-hybridized carbons (Fsp3) is 0.500. The molecule has 5 nitrogen and oxygen atoms in total. The van der Waals surface area contributed by atoms with E-state index in [1.54, 1.807) is 0 Å². The second-order valence-electron chi connectivity index (χ2n) is 6.01. The number of hydrogen-bond acceptors (Lipinski definition) is 5. The molecule has 8 heteroatoms. The minimum Gasteiger partial charge on any atom is -0.393 e. The molecule has 2 bridgehead atoms. The third-order valence-corrected chi connectivity index (χ3v) is 5.01. The maximum Gasteiger partial charge on any atom is 0.225 e. The summed E-state index contributed by atoms with van der Waals surface area (Å²) >= 11 is 11.7. The van der Waals surface area contributed by atoms with Crippen LogP contribution in [0.25, 0.3) is 10.9 Å². The summed E-state index contributed by atoms with van der Waals surface area (Å²) in [7, 11) is 0. The van der Waals surface area contributed by atoms with Gasteiger partial charge in [0.2, 0.25) is 5.28 Å². The Hall–Kier alpha value is -1.24. The number of rotatable bonds is 1. The van der Waals surface area contributed by atoms with Gasteiger partial charge in [-0.05, 0) is 30.4 Å². The van der Waals surface area contributed by atoms with E-state index in [9.17, 15) is 9.50 Å². The molecule has 0 aromatic carbocycles. The highest BCUT2D eigenvalue weighted by atomic mass is 35.5. The number of aliphatic hydroxyl groups excluding tert-OH is 1. The van der Waals surface area contributed by atoms with Gasteiger partial charge >= 0.3 is 0 Å². The van der Waals surface area contributed by atoms with Gasteiger partial charge in [-0.15, -0.1) is 0 Å². The number of aromatic nitrogens is 3. The van der Waals surface area contributed by atoms with Gasteiger partial charge in [-0.2, -0.15) is 4.98 Å². The van der Waals surface area contributed by atoms with E-state index in [2.05, 4.69) is 15.0 Å². The largest absolute Gasteiger partial charge is 0.393 e. The third kappa shape index (κ3) is 2.21. The van der Waals surface area contributed by atoms with Gasteiger partial charge in [0.15, 0.2) is 11.0 Å². The Balaban J connectivity index is 1.83. The number of pyridine rings is 1. The van der Waals surface area contributed by atoms with Crippen LogP contribution in [0.3, 0.4) is 0 Å². The van der Waals surface area contributed by atoms with Crippen LogP contribution in [-0.2, 0) is 0 Å². The Bertz CT molecular complexity index is 757. The summed E-state index contributed by atoms with van der Waals surface area (Å²) in [5.74, 6) is 0.502. The van der Waals surface area contributed by atoms with E-state index in [0.29, 0.717) is 23.7 Å². The molecule has 2 aromatic rings. The number of piperidine rings is 1. The normalized spacial score (nSPS) is 27.6. The molecule has 1 saturated heterocycles. The molecule has 3 atom stereocenters. The number of nitrogens with zero attached hydrogens (tertiary/aromatic N) is 4. The second kappa shape index (κ2) is 5.15. The van der Waals surface area contributed by atoms with Crippen molar-refractivity contribution in [2.24, 2.45) is 11.8 Å². The van der Waals surface area contributed by atoms with Crippen LogP contribution < -0.4 is 4.90 Å². The summed E-state index contributed by atoms with van der Waals surface area (Å²) in [5.41, 5.74) is 0.0773. The molecule has 4 rings (SSSR count). The average Bonchev–Trinajstić information content (AvgIpc) is 2.75. The van der Waals surface area contributed by atoms with Crippen molar-refractivity contribution in [3.8, 4) is 0 Å². The second-order valence-corrected chi connectivity index (χ2v) is 6.71. The first-order chi connectivity index (χ1) is 10.5. The van der Waals surface area contributed by atoms with Gasteiger partial charge < -0.3 is 10.0 Å². The highest BCUT2D eigenvalue weighted by molar-refractivity contribution is 6.30. The Kier molecular flexibility index (Phi) is 3.36. The molecule has 3 heterocycles. The van der Waals surface area contributed by atoms with Crippen LogP contribution in [0.1, 0.15) is 12.8 Å². The predicted octanol–water partition coefficient (Wildman–Crippen LogP) is 2.68. The van der Waals surface area contributed by atoms with Crippen molar-refractivity contribution < 1.29 is 9.50 Å². The first kappa shape index (κ1) is 14.4. The van der Waals surface area contributed by atoms with E-state index in [1.165, 1.54) is 6.20 Å². The number of hydrogen-bond donors (Lipinski definition) is 1. The van der Waals surface area contributed by atoms with Gasteiger partial charge in [-0.3, -0.25) is 0 Å². The Morgan fingerprint density at radius 2 is 2.05 bits per heavy atom. The van der Waals surface area contributed by atoms with Crippen LogP contribution in [0.2, 0.25) is 10.4 Å². The smallest absolute Gasteiger partial charge is 0.225 e. The van der Waals surface area contributed by atoms with Crippen LogP contribution >= 0.6 is 23.2 Å². The number of anilines is 1. The lowest BCUT2D eigenvalue weighted by atomic mass is 9.98. The fourth-order valence-electron chi connectivity index (χ4n) is 3.64. The quantitative estimate of drug-likeness (QED) is 0.637. The monoisotopic (exact) mass is 342 g/mol. The molecule has 1 N–H and O–H groups in total. The SMILES string of the molecule is OC1CC2CC1CN(c1nc(Cl)nc3c(F)c(Cl)ncc13)C2. The highest BCUT2D eigenvalue weighted by Crippen LogP contribution is 2.40. The summed E-state index contributed by atoms with van der Waals surface area (Å²) in [4.78, 5) is 14.1. The average molecular weight is 343 g/mol. The number of aliphatic hydroxyl groups is 1. The summed E-state index contributed by atoms with van der Waals surface area (Å²) in [5, 5.41) is 10.3. The first-order valence-corrected chi connectivity index (χ1v) is 7.88. The maximum absolute atomic E-state index is 14.2. The maximum atomic E-state index is 14.2. The van der Waals surface area contributed by atoms with Crippen molar-refractivity contribution in [3.05, 3.63) is 22.5 Å². The topological polar surface area (TPSA) is 62.1 Å². The number of fused-ring (bicyclic) bond motifs is 3. The minimum absolute atomic E-state index is 0.0258. The van der Waals surface area contributed by atoms with Gasteiger partial charge in [0.1, 0.15) is 11.3 Å². The van der Waals surface area contributed by atoms with Crippen LogP contribution in [0.5, 0.6) is 0 Å². The van der Waals surface area contributed by atoms with E-state index >= 15 is 0 Å². The van der Waals surface area contributed by atoms with E-state index in [-0.39, 0.29) is 28.0 Å². The number of halogens is 3. The van der Waals surface area contributed by atoms with E-state index in [4.69, 9.17) is 23.2 Å². The van der Waals surface area contributed by atoms with Crippen molar-refractivity contribution in [2.75, 3.05) is 18.0 Å². The molecule has 2 fully saturated rings. The minimum atomic E-state index is -0.690. The molecular weight excluding hydrogens is 330 g/mol. The lowest BCUT2D eigenvalue weighted by Gasteiger charge is -2.33. The lowest BCUT2D eigenvalue weighted by Crippen LogP contribution is -2.38. The van der Waals surface area contributed by atoms with Gasteiger partial charge in [0, 0.05) is 25.2 Å². The summed E-state index contributed by atoms with van der Waals surface area (Å²) in [6.07, 6.45) is 3.02. The molecule has 2 aromatic heterocycles. The molecule has 116 valence electrons. The van der Waals surface area contributed by atoms with Gasteiger partial charge in [-0.1, -0.05) is 11.6 Å². The van der Waals surface area contributed by atoms with E-state index in [1.807, 2.05) is 4.90 Å². The van der Waals surface area contributed by atoms with Crippen LogP contribution in [0.4, 0.5) is 10.2 Å². The van der Waals surface area contributed by atoms with Crippen LogP contribution in [-0.4, -0.2) is 39.3 Å². The molecule has 1 saturated carbocycles. The zero-order chi connectivity index (χ0) is 15.4. The Morgan fingerprint density at radius 1 is 1.23 bits per heavy atom. The summed E-state index contributed by atoms with van der Waals surface area (Å²) in [6, 6.07) is 0. The van der Waals surface area contributed by atoms with Gasteiger partial charge in [0.25, 0.3) is 0 Å². The summed E-state index contributed by atoms with van der Waals surface area (Å²) < 4.78 is 14.2.